The molecule has 0 unspecified atom stereocenters. The molecule has 0 saturated carbocycles. The predicted molar refractivity (Wildman–Crippen MR) is 85.5 cm³/mol. The maximum atomic E-state index is 12.4. The molecule has 23 heavy (non-hydrogen) atoms. The first-order valence-electron chi connectivity index (χ1n) is 6.92. The molecule has 0 N–H and O–H groups in total. The third-order valence-electron chi connectivity index (χ3n) is 3.27. The zero-order valence-corrected chi connectivity index (χ0v) is 13.5. The van der Waals surface area contributed by atoms with Gasteiger partial charge in [0.1, 0.15) is 11.6 Å². The number of hydrogen-bond donors (Lipinski definition) is 0. The zero-order chi connectivity index (χ0) is 17.0. The molecule has 6 nitrogen and oxygen atoms in total. The average Bonchev–Trinajstić information content (AvgIpc) is 2.90. The van der Waals surface area contributed by atoms with Crippen molar-refractivity contribution in [1.29, 1.82) is 5.26 Å². The Hall–Kier alpha value is -3.07. The molecule has 2 rings (SSSR count). The van der Waals surface area contributed by atoms with E-state index in [2.05, 4.69) is 5.10 Å². The summed E-state index contributed by atoms with van der Waals surface area (Å²) in [6.07, 6.45) is 1.50. The van der Waals surface area contributed by atoms with Crippen LogP contribution in [-0.4, -0.2) is 29.9 Å². The number of methoxy groups -OCH3 is 2. The smallest absolute Gasteiger partial charge is 0.289 e. The van der Waals surface area contributed by atoms with E-state index in [0.717, 1.165) is 5.69 Å². The van der Waals surface area contributed by atoms with Gasteiger partial charge in [-0.25, -0.2) is 4.68 Å². The number of hydrogen-bond acceptors (Lipinski definition) is 5. The Labute approximate surface area is 134 Å². The molecule has 0 spiro atoms. The summed E-state index contributed by atoms with van der Waals surface area (Å²) in [7, 11) is 3.07. The second-order valence-corrected chi connectivity index (χ2v) is 4.93. The van der Waals surface area contributed by atoms with E-state index in [0.29, 0.717) is 22.8 Å². The molecule has 1 aromatic carbocycles. The van der Waals surface area contributed by atoms with Gasteiger partial charge in [0.15, 0.2) is 11.5 Å². The fourth-order valence-electron chi connectivity index (χ4n) is 2.20. The minimum Gasteiger partial charge on any atom is -0.493 e. The van der Waals surface area contributed by atoms with Gasteiger partial charge in [0.05, 0.1) is 19.9 Å². The minimum atomic E-state index is -0.465. The Balaban J connectivity index is 2.41. The van der Waals surface area contributed by atoms with Crippen LogP contribution in [0.4, 0.5) is 0 Å². The lowest BCUT2D eigenvalue weighted by molar-refractivity contribution is 0.0943. The van der Waals surface area contributed by atoms with Crippen LogP contribution in [0, 0.1) is 25.2 Å². The predicted octanol–water partition coefficient (Wildman–Crippen LogP) is 2.76. The van der Waals surface area contributed by atoms with Crippen LogP contribution in [-0.2, 0) is 0 Å². The van der Waals surface area contributed by atoms with Gasteiger partial charge in [0, 0.05) is 5.69 Å². The molecule has 1 aromatic heterocycles. The molecule has 0 aliphatic heterocycles. The summed E-state index contributed by atoms with van der Waals surface area (Å²) < 4.78 is 11.6. The van der Waals surface area contributed by atoms with E-state index in [4.69, 9.17) is 9.47 Å². The van der Waals surface area contributed by atoms with Gasteiger partial charge < -0.3 is 9.47 Å². The number of carbonyl (C=O) groups is 1. The van der Waals surface area contributed by atoms with Crippen molar-refractivity contribution in [2.45, 2.75) is 13.8 Å². The van der Waals surface area contributed by atoms with Crippen molar-refractivity contribution in [1.82, 2.24) is 9.78 Å². The molecular weight excluding hydrogens is 294 g/mol. The van der Waals surface area contributed by atoms with Gasteiger partial charge in [-0.1, -0.05) is 6.07 Å². The SMILES string of the molecule is COc1ccc(/C=C(\C#N)C(=O)n2nc(C)cc2C)cc1OC. The number of nitriles is 1. The van der Waals surface area contributed by atoms with Crippen LogP contribution >= 0.6 is 0 Å². The summed E-state index contributed by atoms with van der Waals surface area (Å²) >= 11 is 0. The van der Waals surface area contributed by atoms with E-state index in [1.807, 2.05) is 6.07 Å². The van der Waals surface area contributed by atoms with Crippen LogP contribution < -0.4 is 9.47 Å². The normalized spacial score (nSPS) is 11.0. The number of rotatable bonds is 4. The first-order valence-corrected chi connectivity index (χ1v) is 6.92. The highest BCUT2D eigenvalue weighted by atomic mass is 16.5. The van der Waals surface area contributed by atoms with Crippen LogP contribution in [0.2, 0.25) is 0 Å². The third-order valence-corrected chi connectivity index (χ3v) is 3.27. The van der Waals surface area contributed by atoms with E-state index in [1.54, 1.807) is 45.2 Å². The van der Waals surface area contributed by atoms with Crippen molar-refractivity contribution >= 4 is 12.0 Å². The number of ether oxygens (including phenoxy) is 2. The second-order valence-electron chi connectivity index (χ2n) is 4.93. The second kappa shape index (κ2) is 6.79. The van der Waals surface area contributed by atoms with Gasteiger partial charge in [0.2, 0.25) is 0 Å². The summed E-state index contributed by atoms with van der Waals surface area (Å²) in [6, 6.07) is 8.87. The zero-order valence-electron chi connectivity index (χ0n) is 13.5. The Morgan fingerprint density at radius 3 is 2.43 bits per heavy atom. The number of allylic oxidation sites excluding steroid dienone is 1. The van der Waals surface area contributed by atoms with Crippen molar-refractivity contribution in [2.24, 2.45) is 0 Å². The summed E-state index contributed by atoms with van der Waals surface area (Å²) in [5, 5.41) is 13.4. The van der Waals surface area contributed by atoms with Crippen LogP contribution in [0.5, 0.6) is 11.5 Å². The summed E-state index contributed by atoms with van der Waals surface area (Å²) in [4.78, 5) is 12.4. The van der Waals surface area contributed by atoms with E-state index in [1.165, 1.54) is 17.9 Å². The Morgan fingerprint density at radius 2 is 1.91 bits per heavy atom. The highest BCUT2D eigenvalue weighted by Crippen LogP contribution is 2.28. The van der Waals surface area contributed by atoms with Crippen molar-refractivity contribution in [2.75, 3.05) is 14.2 Å². The highest BCUT2D eigenvalue weighted by Gasteiger charge is 2.16. The average molecular weight is 311 g/mol. The number of aromatic nitrogens is 2. The van der Waals surface area contributed by atoms with E-state index < -0.39 is 5.91 Å². The van der Waals surface area contributed by atoms with Crippen molar-refractivity contribution in [3.8, 4) is 17.6 Å². The number of benzene rings is 1. The molecule has 0 radical (unpaired) electrons. The fraction of sp³-hybridized carbons (Fsp3) is 0.235. The van der Waals surface area contributed by atoms with E-state index in [-0.39, 0.29) is 5.57 Å². The van der Waals surface area contributed by atoms with Gasteiger partial charge in [-0.15, -0.1) is 0 Å². The summed E-state index contributed by atoms with van der Waals surface area (Å²) in [5.74, 6) is 0.637. The molecule has 0 aliphatic rings. The molecule has 0 fully saturated rings. The molecule has 0 aliphatic carbocycles. The Bertz CT molecular complexity index is 813. The van der Waals surface area contributed by atoms with Gasteiger partial charge in [-0.05, 0) is 43.7 Å². The van der Waals surface area contributed by atoms with Crippen molar-refractivity contribution in [3.05, 3.63) is 46.8 Å². The molecule has 118 valence electrons. The van der Waals surface area contributed by atoms with Crippen LogP contribution in [0.1, 0.15) is 21.7 Å². The third kappa shape index (κ3) is 3.40. The number of carbonyl (C=O) groups excluding carboxylic acids is 1. The summed E-state index contributed by atoms with van der Waals surface area (Å²) in [6.45, 7) is 3.56. The molecule has 0 amide bonds. The number of nitrogens with zero attached hydrogens (tertiary/aromatic N) is 3. The summed E-state index contributed by atoms with van der Waals surface area (Å²) in [5.41, 5.74) is 2.05. The van der Waals surface area contributed by atoms with Crippen LogP contribution in [0.3, 0.4) is 0 Å². The van der Waals surface area contributed by atoms with Gasteiger partial charge in [-0.2, -0.15) is 10.4 Å². The van der Waals surface area contributed by atoms with Gasteiger partial charge >= 0.3 is 0 Å². The molecule has 0 bridgehead atoms. The maximum Gasteiger partial charge on any atom is 0.289 e. The molecule has 2 aromatic rings. The van der Waals surface area contributed by atoms with Crippen LogP contribution in [0.25, 0.3) is 6.08 Å². The molecule has 0 atom stereocenters. The Kier molecular flexibility index (Phi) is 4.82. The van der Waals surface area contributed by atoms with Crippen LogP contribution in [0.15, 0.2) is 29.8 Å². The minimum absolute atomic E-state index is 0.0107. The topological polar surface area (TPSA) is 77.1 Å². The van der Waals surface area contributed by atoms with Crippen molar-refractivity contribution in [3.63, 3.8) is 0 Å². The molecule has 0 saturated heterocycles. The Morgan fingerprint density at radius 1 is 1.22 bits per heavy atom. The van der Waals surface area contributed by atoms with Gasteiger partial charge in [0.25, 0.3) is 5.91 Å². The standard InChI is InChI=1S/C17H17N3O3/c1-11-7-12(2)20(19-11)17(21)14(10-18)8-13-5-6-15(22-3)16(9-13)23-4/h5-9H,1-4H3/b14-8+. The monoisotopic (exact) mass is 311 g/mol. The lowest BCUT2D eigenvalue weighted by Gasteiger charge is -2.08. The number of aryl methyl sites for hydroxylation is 2. The largest absolute Gasteiger partial charge is 0.493 e. The first-order chi connectivity index (χ1) is 11.0. The fourth-order valence-corrected chi connectivity index (χ4v) is 2.20. The highest BCUT2D eigenvalue weighted by molar-refractivity contribution is 6.03. The first kappa shape index (κ1) is 16.3. The lowest BCUT2D eigenvalue weighted by Crippen LogP contribution is -2.15. The van der Waals surface area contributed by atoms with Gasteiger partial charge in [-0.3, -0.25) is 4.79 Å². The van der Waals surface area contributed by atoms with Crippen molar-refractivity contribution < 1.29 is 14.3 Å². The lowest BCUT2D eigenvalue weighted by atomic mass is 10.1. The quantitative estimate of drug-likeness (QED) is 0.641. The molecular formula is C17H17N3O3. The molecule has 6 heteroatoms. The van der Waals surface area contributed by atoms with E-state index >= 15 is 0 Å². The van der Waals surface area contributed by atoms with E-state index in [9.17, 15) is 10.1 Å². The maximum absolute atomic E-state index is 12.4. The molecule has 1 heterocycles.